The smallest absolute Gasteiger partial charge is 0.357 e. The first-order valence-electron chi connectivity index (χ1n) is 6.60. The van der Waals surface area contributed by atoms with E-state index >= 15 is 0 Å². The van der Waals surface area contributed by atoms with Crippen LogP contribution in [0, 0.1) is 0 Å². The molecule has 0 saturated carbocycles. The zero-order valence-electron chi connectivity index (χ0n) is 12.1. The molecule has 1 heterocycles. The molecule has 3 atom stereocenters. The molecule has 0 aromatic heterocycles. The zero-order valence-corrected chi connectivity index (χ0v) is 12.1. The van der Waals surface area contributed by atoms with Gasteiger partial charge in [-0.1, -0.05) is 30.3 Å². The lowest BCUT2D eigenvalue weighted by molar-refractivity contribution is -0.165. The molecule has 0 radical (unpaired) electrons. The van der Waals surface area contributed by atoms with E-state index in [9.17, 15) is 18.8 Å². The Kier molecular flexibility index (Phi) is 4.41. The van der Waals surface area contributed by atoms with Crippen LogP contribution in [0.15, 0.2) is 30.3 Å². The van der Waals surface area contributed by atoms with Gasteiger partial charge in [0.05, 0.1) is 7.11 Å². The summed E-state index contributed by atoms with van der Waals surface area (Å²) < 4.78 is 19.3. The third kappa shape index (κ3) is 2.77. The van der Waals surface area contributed by atoms with E-state index in [2.05, 4.69) is 15.4 Å². The number of rotatable bonds is 4. The van der Waals surface area contributed by atoms with Gasteiger partial charge in [0.2, 0.25) is 0 Å². The number of hydrogen-bond acceptors (Lipinski definition) is 5. The first kappa shape index (κ1) is 15.9. The van der Waals surface area contributed by atoms with E-state index in [0.29, 0.717) is 0 Å². The van der Waals surface area contributed by atoms with Gasteiger partial charge in [-0.25, -0.2) is 14.0 Å². The summed E-state index contributed by atoms with van der Waals surface area (Å²) in [7, 11) is 0.963. The van der Waals surface area contributed by atoms with E-state index in [-0.39, 0.29) is 0 Å². The van der Waals surface area contributed by atoms with E-state index in [1.54, 1.807) is 36.5 Å². The highest BCUT2D eigenvalue weighted by atomic mass is 19.1. The van der Waals surface area contributed by atoms with Crippen molar-refractivity contribution in [3.8, 4) is 0 Å². The Balaban J connectivity index is 2.26. The molecular weight excluding hydrogens is 293 g/mol. The second-order valence-corrected chi connectivity index (χ2v) is 4.86. The quantitative estimate of drug-likeness (QED) is 0.552. The van der Waals surface area contributed by atoms with Crippen LogP contribution in [-0.4, -0.2) is 36.9 Å². The summed E-state index contributed by atoms with van der Waals surface area (Å²) in [5.41, 5.74) is -2.25. The minimum absolute atomic E-state index is 0.419. The number of hydrogen-bond donors (Lipinski definition) is 3. The van der Waals surface area contributed by atoms with Gasteiger partial charge in [0.25, 0.3) is 5.91 Å². The fourth-order valence-electron chi connectivity index (χ4n) is 2.20. The number of imide groups is 1. The lowest BCUT2D eigenvalue weighted by atomic mass is 9.97. The van der Waals surface area contributed by atoms with Crippen LogP contribution in [0.3, 0.4) is 0 Å². The van der Waals surface area contributed by atoms with E-state index in [0.717, 1.165) is 12.7 Å². The van der Waals surface area contributed by atoms with Crippen molar-refractivity contribution in [3.05, 3.63) is 35.9 Å². The molecular formula is C14H16FN3O4. The number of carbonyl (C=O) groups excluding carboxylic acids is 3. The lowest BCUT2D eigenvalue weighted by Gasteiger charge is -2.36. The molecule has 3 N–H and O–H groups in total. The Morgan fingerprint density at radius 2 is 2.00 bits per heavy atom. The Labute approximate surface area is 126 Å². The average molecular weight is 309 g/mol. The van der Waals surface area contributed by atoms with E-state index < -0.39 is 35.8 Å². The van der Waals surface area contributed by atoms with Crippen LogP contribution in [0.5, 0.6) is 0 Å². The predicted octanol–water partition coefficient (Wildman–Crippen LogP) is 0.384. The van der Waals surface area contributed by atoms with Gasteiger partial charge >= 0.3 is 17.7 Å². The number of halogens is 1. The van der Waals surface area contributed by atoms with Crippen molar-refractivity contribution in [3.63, 3.8) is 0 Å². The molecule has 1 aromatic carbocycles. The maximum atomic E-state index is 14.9. The number of methoxy groups -OCH3 is 1. The maximum absolute atomic E-state index is 14.9. The van der Waals surface area contributed by atoms with Gasteiger partial charge < -0.3 is 10.1 Å². The van der Waals surface area contributed by atoms with Crippen LogP contribution < -0.4 is 16.0 Å². The summed E-state index contributed by atoms with van der Waals surface area (Å²) >= 11 is 0. The molecule has 3 unspecified atom stereocenters. The first-order chi connectivity index (χ1) is 10.4. The SMILES string of the molecule is COC(=O)C1(F)C(=O)NC(=O)NC1NC(C)c1ccccc1. The number of carbonyl (C=O) groups is 3. The minimum atomic E-state index is -3.05. The highest BCUT2D eigenvalue weighted by Gasteiger charge is 2.59. The fraction of sp³-hybridized carbons (Fsp3) is 0.357. The van der Waals surface area contributed by atoms with Crippen LogP contribution in [0.4, 0.5) is 9.18 Å². The van der Waals surface area contributed by atoms with Gasteiger partial charge in [-0.3, -0.25) is 15.4 Å². The van der Waals surface area contributed by atoms with Gasteiger partial charge in [-0.2, -0.15) is 0 Å². The van der Waals surface area contributed by atoms with Crippen molar-refractivity contribution < 1.29 is 23.5 Å². The molecule has 1 aromatic rings. The molecule has 0 aliphatic carbocycles. The van der Waals surface area contributed by atoms with Gasteiger partial charge in [0.1, 0.15) is 6.17 Å². The highest BCUT2D eigenvalue weighted by molar-refractivity contribution is 6.14. The largest absolute Gasteiger partial charge is 0.466 e. The molecule has 1 aliphatic rings. The van der Waals surface area contributed by atoms with Gasteiger partial charge in [0.15, 0.2) is 0 Å². The second kappa shape index (κ2) is 6.10. The number of amides is 3. The maximum Gasteiger partial charge on any atom is 0.357 e. The molecule has 1 aliphatic heterocycles. The minimum Gasteiger partial charge on any atom is -0.466 e. The lowest BCUT2D eigenvalue weighted by Crippen LogP contribution is -2.74. The third-order valence-corrected chi connectivity index (χ3v) is 3.43. The van der Waals surface area contributed by atoms with Crippen LogP contribution in [-0.2, 0) is 14.3 Å². The number of urea groups is 1. The first-order valence-corrected chi connectivity index (χ1v) is 6.60. The van der Waals surface area contributed by atoms with Crippen molar-refractivity contribution in [2.24, 2.45) is 0 Å². The molecule has 7 nitrogen and oxygen atoms in total. The van der Waals surface area contributed by atoms with Crippen LogP contribution >= 0.6 is 0 Å². The summed E-state index contributed by atoms with van der Waals surface area (Å²) in [5, 5.41) is 6.65. The molecule has 22 heavy (non-hydrogen) atoms. The van der Waals surface area contributed by atoms with E-state index in [1.165, 1.54) is 0 Å². The summed E-state index contributed by atoms with van der Waals surface area (Å²) in [6, 6.07) is 7.68. The highest BCUT2D eigenvalue weighted by Crippen LogP contribution is 2.23. The average Bonchev–Trinajstić information content (AvgIpc) is 2.52. The fourth-order valence-corrected chi connectivity index (χ4v) is 2.20. The molecule has 118 valence electrons. The normalized spacial score (nSPS) is 25.9. The van der Waals surface area contributed by atoms with Crippen molar-refractivity contribution in [2.45, 2.75) is 24.8 Å². The molecule has 2 rings (SSSR count). The van der Waals surface area contributed by atoms with Gasteiger partial charge in [-0.05, 0) is 12.5 Å². The van der Waals surface area contributed by atoms with Crippen molar-refractivity contribution >= 4 is 17.9 Å². The van der Waals surface area contributed by atoms with Gasteiger partial charge in [0, 0.05) is 6.04 Å². The topological polar surface area (TPSA) is 96.5 Å². The molecule has 3 amide bonds. The van der Waals surface area contributed by atoms with Crippen molar-refractivity contribution in [1.82, 2.24) is 16.0 Å². The Morgan fingerprint density at radius 3 is 2.59 bits per heavy atom. The Morgan fingerprint density at radius 1 is 1.36 bits per heavy atom. The van der Waals surface area contributed by atoms with Crippen LogP contribution in [0.25, 0.3) is 0 Å². The van der Waals surface area contributed by atoms with Crippen molar-refractivity contribution in [1.29, 1.82) is 0 Å². The van der Waals surface area contributed by atoms with E-state index in [4.69, 9.17) is 0 Å². The predicted molar refractivity (Wildman–Crippen MR) is 74.3 cm³/mol. The Hall–Kier alpha value is -2.48. The monoisotopic (exact) mass is 309 g/mol. The summed E-state index contributed by atoms with van der Waals surface area (Å²) in [6.07, 6.45) is -1.54. The zero-order chi connectivity index (χ0) is 16.3. The summed E-state index contributed by atoms with van der Waals surface area (Å²) in [4.78, 5) is 34.9. The number of ether oxygens (including phenoxy) is 1. The molecule has 0 bridgehead atoms. The van der Waals surface area contributed by atoms with Gasteiger partial charge in [-0.15, -0.1) is 0 Å². The van der Waals surface area contributed by atoms with Crippen LogP contribution in [0.1, 0.15) is 18.5 Å². The summed E-state index contributed by atoms with van der Waals surface area (Å²) in [6.45, 7) is 1.71. The Bertz CT molecular complexity index is 595. The molecule has 1 fully saturated rings. The molecule has 0 spiro atoms. The van der Waals surface area contributed by atoms with Crippen molar-refractivity contribution in [2.75, 3.05) is 7.11 Å². The third-order valence-electron chi connectivity index (χ3n) is 3.43. The van der Waals surface area contributed by atoms with E-state index in [1.807, 2.05) is 6.07 Å². The van der Waals surface area contributed by atoms with Crippen LogP contribution in [0.2, 0.25) is 0 Å². The standard InChI is InChI=1S/C14H16FN3O4/c1-8(9-6-4-3-5-7-9)16-10-14(15,12(20)22-2)11(19)18-13(21)17-10/h3-8,10,16H,1-2H3,(H2,17,18,19,21). The summed E-state index contributed by atoms with van der Waals surface area (Å²) in [5.74, 6) is -2.75. The number of benzene rings is 1. The number of alkyl halides is 1. The molecule has 1 saturated heterocycles. The second-order valence-electron chi connectivity index (χ2n) is 4.86. The molecule has 8 heteroatoms. The number of nitrogens with one attached hydrogen (secondary N) is 3. The number of esters is 1.